The first-order valence-corrected chi connectivity index (χ1v) is 5.66. The molecule has 0 spiro atoms. The summed E-state index contributed by atoms with van der Waals surface area (Å²) in [5.74, 6) is 0.372. The average molecular weight is 247 g/mol. The van der Waals surface area contributed by atoms with Gasteiger partial charge in [-0.05, 0) is 31.5 Å². The zero-order chi connectivity index (χ0) is 13.6. The fourth-order valence-corrected chi connectivity index (χ4v) is 1.39. The van der Waals surface area contributed by atoms with Gasteiger partial charge in [0.1, 0.15) is 12.4 Å². The minimum Gasteiger partial charge on any atom is -0.492 e. The Bertz CT molecular complexity index is 443. The molecule has 18 heavy (non-hydrogen) atoms. The fraction of sp³-hybridized carbons (Fsp3) is 0.429. The first kappa shape index (κ1) is 14.0. The van der Waals surface area contributed by atoms with Gasteiger partial charge in [0.2, 0.25) is 0 Å². The Kier molecular flexibility index (Phi) is 4.73. The van der Waals surface area contributed by atoms with Crippen LogP contribution in [-0.4, -0.2) is 19.7 Å². The molecule has 1 aromatic carbocycles. The maximum atomic E-state index is 11.5. The Balaban J connectivity index is 2.59. The van der Waals surface area contributed by atoms with Crippen LogP contribution >= 0.6 is 0 Å². The molecule has 0 atom stereocenters. The molecule has 4 heteroatoms. The summed E-state index contributed by atoms with van der Waals surface area (Å²) in [4.78, 5) is 11.5. The van der Waals surface area contributed by atoms with E-state index in [2.05, 4.69) is 6.07 Å². The third kappa shape index (κ3) is 3.77. The van der Waals surface area contributed by atoms with Gasteiger partial charge in [-0.3, -0.25) is 4.79 Å². The molecule has 0 saturated carbocycles. The van der Waals surface area contributed by atoms with Crippen LogP contribution in [0.5, 0.6) is 5.75 Å². The standard InChI is InChI=1S/C14H17NO3/c1-14(2,13(16)17-3)10-18-12-6-4-11(5-7-12)8-9-15/h4-7H,8,10H2,1-3H3. The smallest absolute Gasteiger partial charge is 0.314 e. The first-order valence-electron chi connectivity index (χ1n) is 5.66. The highest BCUT2D eigenvalue weighted by molar-refractivity contribution is 5.75. The molecular weight excluding hydrogens is 230 g/mol. The van der Waals surface area contributed by atoms with Crippen molar-refractivity contribution in [1.82, 2.24) is 0 Å². The van der Waals surface area contributed by atoms with Gasteiger partial charge in [0.25, 0.3) is 0 Å². The number of hydrogen-bond acceptors (Lipinski definition) is 4. The molecule has 0 aromatic heterocycles. The van der Waals surface area contributed by atoms with Gasteiger partial charge in [0.15, 0.2) is 0 Å². The summed E-state index contributed by atoms with van der Waals surface area (Å²) in [5, 5.41) is 8.55. The lowest BCUT2D eigenvalue weighted by Crippen LogP contribution is -2.32. The summed E-state index contributed by atoms with van der Waals surface area (Å²) in [5.41, 5.74) is 0.261. The molecule has 0 bridgehead atoms. The lowest BCUT2D eigenvalue weighted by molar-refractivity contribution is -0.152. The minimum absolute atomic E-state index is 0.247. The number of ether oxygens (including phenoxy) is 2. The van der Waals surface area contributed by atoms with Crippen molar-refractivity contribution in [2.45, 2.75) is 20.3 Å². The largest absolute Gasteiger partial charge is 0.492 e. The number of carbonyl (C=O) groups is 1. The third-order valence-electron chi connectivity index (χ3n) is 2.54. The summed E-state index contributed by atoms with van der Waals surface area (Å²) in [6.07, 6.45) is 0.383. The number of esters is 1. The Labute approximate surface area is 107 Å². The second kappa shape index (κ2) is 6.06. The summed E-state index contributed by atoms with van der Waals surface area (Å²) in [6.45, 7) is 3.78. The molecule has 0 saturated heterocycles. The van der Waals surface area contributed by atoms with Crippen LogP contribution in [0.25, 0.3) is 0 Å². The topological polar surface area (TPSA) is 59.3 Å². The van der Waals surface area contributed by atoms with E-state index in [0.717, 1.165) is 5.56 Å². The third-order valence-corrected chi connectivity index (χ3v) is 2.54. The molecule has 0 aliphatic heterocycles. The molecule has 0 aliphatic carbocycles. The number of nitrogens with zero attached hydrogens (tertiary/aromatic N) is 1. The minimum atomic E-state index is -0.680. The Morgan fingerprint density at radius 1 is 1.33 bits per heavy atom. The number of methoxy groups -OCH3 is 1. The fourth-order valence-electron chi connectivity index (χ4n) is 1.39. The molecule has 0 aliphatic rings. The van der Waals surface area contributed by atoms with E-state index in [1.807, 2.05) is 12.1 Å². The van der Waals surface area contributed by atoms with Gasteiger partial charge in [0, 0.05) is 0 Å². The van der Waals surface area contributed by atoms with Crippen molar-refractivity contribution in [3.63, 3.8) is 0 Å². The zero-order valence-electron chi connectivity index (χ0n) is 10.9. The van der Waals surface area contributed by atoms with Gasteiger partial charge in [-0.2, -0.15) is 5.26 Å². The molecule has 0 N–H and O–H groups in total. The van der Waals surface area contributed by atoms with Crippen molar-refractivity contribution in [2.75, 3.05) is 13.7 Å². The molecule has 4 nitrogen and oxygen atoms in total. The zero-order valence-corrected chi connectivity index (χ0v) is 10.9. The normalized spacial score (nSPS) is 10.6. The predicted molar refractivity (Wildman–Crippen MR) is 67.1 cm³/mol. The van der Waals surface area contributed by atoms with E-state index in [-0.39, 0.29) is 12.6 Å². The maximum Gasteiger partial charge on any atom is 0.314 e. The second-order valence-corrected chi connectivity index (χ2v) is 4.64. The van der Waals surface area contributed by atoms with Gasteiger partial charge in [0.05, 0.1) is 25.0 Å². The highest BCUT2D eigenvalue weighted by Gasteiger charge is 2.29. The number of hydrogen-bond donors (Lipinski definition) is 0. The van der Waals surface area contributed by atoms with Crippen LogP contribution in [0.2, 0.25) is 0 Å². The Morgan fingerprint density at radius 3 is 2.44 bits per heavy atom. The Hall–Kier alpha value is -2.02. The summed E-state index contributed by atoms with van der Waals surface area (Å²) < 4.78 is 10.2. The monoisotopic (exact) mass is 247 g/mol. The molecule has 1 aromatic rings. The van der Waals surface area contributed by atoms with Crippen LogP contribution in [0.15, 0.2) is 24.3 Å². The van der Waals surface area contributed by atoms with Gasteiger partial charge >= 0.3 is 5.97 Å². The van der Waals surface area contributed by atoms with E-state index in [4.69, 9.17) is 14.7 Å². The number of benzene rings is 1. The predicted octanol–water partition coefficient (Wildman–Crippen LogP) is 2.33. The van der Waals surface area contributed by atoms with Crippen molar-refractivity contribution in [1.29, 1.82) is 5.26 Å². The molecule has 0 radical (unpaired) electrons. The van der Waals surface area contributed by atoms with E-state index < -0.39 is 5.41 Å². The first-order chi connectivity index (χ1) is 8.49. The van der Waals surface area contributed by atoms with Gasteiger partial charge in [-0.15, -0.1) is 0 Å². The van der Waals surface area contributed by atoms with Crippen molar-refractivity contribution in [3.05, 3.63) is 29.8 Å². The van der Waals surface area contributed by atoms with Crippen LogP contribution in [0, 0.1) is 16.7 Å². The van der Waals surface area contributed by atoms with E-state index in [9.17, 15) is 4.79 Å². The van der Waals surface area contributed by atoms with Crippen molar-refractivity contribution in [2.24, 2.45) is 5.41 Å². The summed E-state index contributed by atoms with van der Waals surface area (Å²) >= 11 is 0. The van der Waals surface area contributed by atoms with E-state index in [1.54, 1.807) is 26.0 Å². The lowest BCUT2D eigenvalue weighted by Gasteiger charge is -2.21. The van der Waals surface area contributed by atoms with Crippen LogP contribution in [0.4, 0.5) is 0 Å². The van der Waals surface area contributed by atoms with Crippen molar-refractivity contribution < 1.29 is 14.3 Å². The van der Waals surface area contributed by atoms with Gasteiger partial charge < -0.3 is 9.47 Å². The molecule has 0 amide bonds. The number of rotatable bonds is 5. The number of carbonyl (C=O) groups excluding carboxylic acids is 1. The highest BCUT2D eigenvalue weighted by atomic mass is 16.5. The maximum absolute atomic E-state index is 11.5. The van der Waals surface area contributed by atoms with Crippen LogP contribution in [-0.2, 0) is 16.0 Å². The number of nitriles is 1. The Morgan fingerprint density at radius 2 is 1.94 bits per heavy atom. The molecule has 1 rings (SSSR count). The van der Waals surface area contributed by atoms with Crippen molar-refractivity contribution in [3.8, 4) is 11.8 Å². The van der Waals surface area contributed by atoms with E-state index in [1.165, 1.54) is 7.11 Å². The van der Waals surface area contributed by atoms with Gasteiger partial charge in [-0.25, -0.2) is 0 Å². The SMILES string of the molecule is COC(=O)C(C)(C)COc1ccc(CC#N)cc1. The lowest BCUT2D eigenvalue weighted by atomic mass is 9.95. The van der Waals surface area contributed by atoms with Crippen LogP contribution in [0.3, 0.4) is 0 Å². The summed E-state index contributed by atoms with van der Waals surface area (Å²) in [6, 6.07) is 9.34. The summed E-state index contributed by atoms with van der Waals surface area (Å²) in [7, 11) is 1.36. The van der Waals surface area contributed by atoms with E-state index >= 15 is 0 Å². The van der Waals surface area contributed by atoms with E-state index in [0.29, 0.717) is 12.2 Å². The molecular formula is C14H17NO3. The van der Waals surface area contributed by atoms with Crippen LogP contribution in [0.1, 0.15) is 19.4 Å². The highest BCUT2D eigenvalue weighted by Crippen LogP contribution is 2.20. The van der Waals surface area contributed by atoms with Gasteiger partial charge in [-0.1, -0.05) is 12.1 Å². The van der Waals surface area contributed by atoms with Crippen LogP contribution < -0.4 is 4.74 Å². The second-order valence-electron chi connectivity index (χ2n) is 4.64. The van der Waals surface area contributed by atoms with Crippen molar-refractivity contribution >= 4 is 5.97 Å². The molecule has 0 unspecified atom stereocenters. The molecule has 0 fully saturated rings. The molecule has 0 heterocycles. The quantitative estimate of drug-likeness (QED) is 0.749. The molecule has 96 valence electrons. The average Bonchev–Trinajstić information content (AvgIpc) is 2.37.